The second-order valence-electron chi connectivity index (χ2n) is 5.67. The lowest BCUT2D eigenvalue weighted by Crippen LogP contribution is -2.36. The molecule has 0 aromatic carbocycles. The summed E-state index contributed by atoms with van der Waals surface area (Å²) in [5.41, 5.74) is 2.07. The Hall–Kier alpha value is -2.21. The molecule has 0 saturated carbocycles. The maximum absolute atomic E-state index is 12.2. The molecule has 1 amide bonds. The fourth-order valence-electron chi connectivity index (χ4n) is 2.94. The molecule has 1 aliphatic rings. The monoisotopic (exact) mass is 299 g/mol. The number of aryl methyl sites for hydroxylation is 1. The van der Waals surface area contributed by atoms with Crippen LogP contribution in [0.2, 0.25) is 0 Å². The number of pyridine rings is 1. The molecular weight excluding hydrogens is 278 g/mol. The first-order chi connectivity index (χ1) is 10.7. The molecule has 116 valence electrons. The number of hydrogen-bond acceptors (Lipinski definition) is 4. The Morgan fingerprint density at radius 2 is 2.36 bits per heavy atom. The molecule has 1 fully saturated rings. The first-order valence-corrected chi connectivity index (χ1v) is 7.61. The van der Waals surface area contributed by atoms with Crippen LogP contribution in [0.3, 0.4) is 0 Å². The van der Waals surface area contributed by atoms with Crippen molar-refractivity contribution in [2.45, 2.75) is 25.4 Å². The number of aromatic nitrogens is 3. The Morgan fingerprint density at radius 1 is 1.45 bits per heavy atom. The lowest BCUT2D eigenvalue weighted by molar-refractivity contribution is -0.122. The third-order valence-electron chi connectivity index (χ3n) is 4.01. The van der Waals surface area contributed by atoms with Gasteiger partial charge in [-0.15, -0.1) is 0 Å². The molecule has 0 bridgehead atoms. The van der Waals surface area contributed by atoms with Gasteiger partial charge in [-0.25, -0.2) is 0 Å². The highest BCUT2D eigenvalue weighted by atomic mass is 16.2. The van der Waals surface area contributed by atoms with E-state index in [2.05, 4.69) is 20.3 Å². The molecule has 1 N–H and O–H groups in total. The van der Waals surface area contributed by atoms with Crippen molar-refractivity contribution in [3.05, 3.63) is 48.0 Å². The number of rotatable bonds is 5. The average Bonchev–Trinajstić information content (AvgIpc) is 3.15. The van der Waals surface area contributed by atoms with E-state index in [4.69, 9.17) is 0 Å². The number of amides is 1. The van der Waals surface area contributed by atoms with Gasteiger partial charge in [0.05, 0.1) is 25.0 Å². The number of carbonyl (C=O) groups is 1. The van der Waals surface area contributed by atoms with E-state index in [1.54, 1.807) is 6.20 Å². The van der Waals surface area contributed by atoms with Crippen LogP contribution in [-0.2, 0) is 18.4 Å². The molecule has 1 aliphatic heterocycles. The van der Waals surface area contributed by atoms with Gasteiger partial charge >= 0.3 is 0 Å². The number of nitrogens with one attached hydrogen (secondary N) is 1. The van der Waals surface area contributed by atoms with Crippen LogP contribution in [0.5, 0.6) is 0 Å². The van der Waals surface area contributed by atoms with E-state index in [-0.39, 0.29) is 5.91 Å². The molecule has 2 aromatic rings. The molecule has 22 heavy (non-hydrogen) atoms. The normalized spacial score (nSPS) is 18.5. The predicted octanol–water partition coefficient (Wildman–Crippen LogP) is 1.27. The van der Waals surface area contributed by atoms with Crippen molar-refractivity contribution < 1.29 is 4.79 Å². The Labute approximate surface area is 130 Å². The molecule has 3 heterocycles. The van der Waals surface area contributed by atoms with Crippen molar-refractivity contribution in [1.82, 2.24) is 25.0 Å². The summed E-state index contributed by atoms with van der Waals surface area (Å²) in [6, 6.07) is 6.00. The third-order valence-corrected chi connectivity index (χ3v) is 4.01. The van der Waals surface area contributed by atoms with Gasteiger partial charge in [-0.1, -0.05) is 6.07 Å². The van der Waals surface area contributed by atoms with Gasteiger partial charge in [-0.2, -0.15) is 5.10 Å². The second kappa shape index (κ2) is 6.70. The first kappa shape index (κ1) is 14.7. The minimum atomic E-state index is 0.0430. The fraction of sp³-hybridized carbons (Fsp3) is 0.438. The average molecular weight is 299 g/mol. The van der Waals surface area contributed by atoms with E-state index in [1.165, 1.54) is 5.56 Å². The van der Waals surface area contributed by atoms with Gasteiger partial charge in [0, 0.05) is 31.0 Å². The van der Waals surface area contributed by atoms with E-state index < -0.39 is 0 Å². The van der Waals surface area contributed by atoms with Crippen LogP contribution < -0.4 is 5.32 Å². The molecule has 1 saturated heterocycles. The highest BCUT2D eigenvalue weighted by Crippen LogP contribution is 2.30. The molecule has 0 unspecified atom stereocenters. The fourth-order valence-corrected chi connectivity index (χ4v) is 2.94. The van der Waals surface area contributed by atoms with Gasteiger partial charge in [0.25, 0.3) is 0 Å². The van der Waals surface area contributed by atoms with E-state index in [0.29, 0.717) is 19.1 Å². The Morgan fingerprint density at radius 3 is 3.09 bits per heavy atom. The Balaban J connectivity index is 1.54. The summed E-state index contributed by atoms with van der Waals surface area (Å²) in [6.07, 6.45) is 7.87. The Kier molecular flexibility index (Phi) is 4.48. The predicted molar refractivity (Wildman–Crippen MR) is 82.8 cm³/mol. The van der Waals surface area contributed by atoms with Crippen molar-refractivity contribution in [3.8, 4) is 0 Å². The van der Waals surface area contributed by atoms with Gasteiger partial charge in [-0.05, 0) is 31.5 Å². The van der Waals surface area contributed by atoms with Crippen LogP contribution in [0, 0.1) is 0 Å². The van der Waals surface area contributed by atoms with Gasteiger partial charge in [-0.3, -0.25) is 19.4 Å². The summed E-state index contributed by atoms with van der Waals surface area (Å²) in [7, 11) is 1.92. The molecule has 0 aliphatic carbocycles. The number of likely N-dealkylation sites (tertiary alicyclic amines) is 1. The maximum Gasteiger partial charge on any atom is 0.234 e. The standard InChI is InChI=1S/C16H21N5O/c1-20-11-13(9-19-20)15-6-4-8-21(15)12-16(22)18-10-14-5-2-3-7-17-14/h2-3,5,7,9,11,15H,4,6,8,10,12H2,1H3,(H,18,22)/t15-/m0/s1. The van der Waals surface area contributed by atoms with E-state index in [9.17, 15) is 4.79 Å². The number of carbonyl (C=O) groups excluding carboxylic acids is 1. The topological polar surface area (TPSA) is 63.1 Å². The minimum absolute atomic E-state index is 0.0430. The van der Waals surface area contributed by atoms with Gasteiger partial charge < -0.3 is 5.32 Å². The molecule has 0 radical (unpaired) electrons. The highest BCUT2D eigenvalue weighted by molar-refractivity contribution is 5.78. The number of nitrogens with zero attached hydrogens (tertiary/aromatic N) is 4. The zero-order valence-corrected chi connectivity index (χ0v) is 12.8. The molecular formula is C16H21N5O. The van der Waals surface area contributed by atoms with Gasteiger partial charge in [0.15, 0.2) is 0 Å². The van der Waals surface area contributed by atoms with Gasteiger partial charge in [0.1, 0.15) is 0 Å². The summed E-state index contributed by atoms with van der Waals surface area (Å²) in [6.45, 7) is 1.86. The minimum Gasteiger partial charge on any atom is -0.349 e. The van der Waals surface area contributed by atoms with Crippen LogP contribution in [0.4, 0.5) is 0 Å². The van der Waals surface area contributed by atoms with Crippen LogP contribution in [-0.4, -0.2) is 38.7 Å². The van der Waals surface area contributed by atoms with Crippen molar-refractivity contribution in [2.24, 2.45) is 7.05 Å². The van der Waals surface area contributed by atoms with Crippen molar-refractivity contribution in [1.29, 1.82) is 0 Å². The van der Waals surface area contributed by atoms with Crippen LogP contribution in [0.25, 0.3) is 0 Å². The summed E-state index contributed by atoms with van der Waals surface area (Å²) in [5, 5.41) is 7.17. The summed E-state index contributed by atoms with van der Waals surface area (Å²) in [4.78, 5) is 18.6. The third kappa shape index (κ3) is 3.51. The van der Waals surface area contributed by atoms with Crippen molar-refractivity contribution >= 4 is 5.91 Å². The Bertz CT molecular complexity index is 624. The van der Waals surface area contributed by atoms with Crippen LogP contribution >= 0.6 is 0 Å². The molecule has 1 atom stereocenters. The zero-order valence-electron chi connectivity index (χ0n) is 12.8. The van der Waals surface area contributed by atoms with E-state index in [1.807, 2.05) is 42.3 Å². The largest absolute Gasteiger partial charge is 0.349 e. The van der Waals surface area contributed by atoms with Crippen LogP contribution in [0.15, 0.2) is 36.8 Å². The lowest BCUT2D eigenvalue weighted by Gasteiger charge is -2.22. The van der Waals surface area contributed by atoms with Crippen LogP contribution in [0.1, 0.15) is 30.1 Å². The zero-order chi connectivity index (χ0) is 15.4. The SMILES string of the molecule is Cn1cc([C@@H]2CCCN2CC(=O)NCc2ccccn2)cn1. The highest BCUT2D eigenvalue weighted by Gasteiger charge is 2.28. The smallest absolute Gasteiger partial charge is 0.234 e. The van der Waals surface area contributed by atoms with Crippen molar-refractivity contribution in [2.75, 3.05) is 13.1 Å². The number of hydrogen-bond donors (Lipinski definition) is 1. The maximum atomic E-state index is 12.2. The summed E-state index contributed by atoms with van der Waals surface area (Å²) >= 11 is 0. The molecule has 6 nitrogen and oxygen atoms in total. The quantitative estimate of drug-likeness (QED) is 0.903. The molecule has 6 heteroatoms. The van der Waals surface area contributed by atoms with Gasteiger partial charge in [0.2, 0.25) is 5.91 Å². The lowest BCUT2D eigenvalue weighted by atomic mass is 10.1. The summed E-state index contributed by atoms with van der Waals surface area (Å²) < 4.78 is 1.81. The van der Waals surface area contributed by atoms with E-state index in [0.717, 1.165) is 25.1 Å². The molecule has 2 aromatic heterocycles. The van der Waals surface area contributed by atoms with E-state index >= 15 is 0 Å². The summed E-state index contributed by atoms with van der Waals surface area (Å²) in [5.74, 6) is 0.0430. The molecule has 0 spiro atoms. The van der Waals surface area contributed by atoms with Crippen molar-refractivity contribution in [3.63, 3.8) is 0 Å². The molecule has 3 rings (SSSR count). The second-order valence-corrected chi connectivity index (χ2v) is 5.67. The first-order valence-electron chi connectivity index (χ1n) is 7.61.